The van der Waals surface area contributed by atoms with Crippen molar-refractivity contribution in [3.8, 4) is 12.1 Å². The Morgan fingerprint density at radius 1 is 1.29 bits per heavy atom. The number of nitrogen functional groups attached to an aromatic ring is 1. The van der Waals surface area contributed by atoms with E-state index in [4.69, 9.17) is 16.3 Å². The molecule has 0 saturated carbocycles. The van der Waals surface area contributed by atoms with E-state index in [9.17, 15) is 0 Å². The molecule has 0 bridgehead atoms. The number of hydrogen-bond acceptors (Lipinski definition) is 7. The van der Waals surface area contributed by atoms with Gasteiger partial charge in [0.25, 0.3) is 0 Å². The number of rotatable bonds is 4. The SMILES string of the molecule is N#CCN(CC#N)Cc1nnc(N)s1. The zero-order chi connectivity index (χ0) is 10.4. The third-order valence-corrected chi connectivity index (χ3v) is 2.17. The van der Waals surface area contributed by atoms with Crippen molar-refractivity contribution in [3.05, 3.63) is 5.01 Å². The van der Waals surface area contributed by atoms with E-state index in [-0.39, 0.29) is 13.1 Å². The van der Waals surface area contributed by atoms with Gasteiger partial charge in [0.05, 0.1) is 31.8 Å². The first-order valence-electron chi connectivity index (χ1n) is 3.80. The van der Waals surface area contributed by atoms with Crippen LogP contribution in [0.3, 0.4) is 0 Å². The van der Waals surface area contributed by atoms with Gasteiger partial charge in [-0.15, -0.1) is 10.2 Å². The molecule has 0 fully saturated rings. The van der Waals surface area contributed by atoms with Crippen molar-refractivity contribution in [1.29, 1.82) is 10.5 Å². The summed E-state index contributed by atoms with van der Waals surface area (Å²) in [5.74, 6) is 0. The first-order chi connectivity index (χ1) is 6.76. The molecule has 72 valence electrons. The van der Waals surface area contributed by atoms with Crippen molar-refractivity contribution in [1.82, 2.24) is 15.1 Å². The molecule has 0 saturated heterocycles. The van der Waals surface area contributed by atoms with Gasteiger partial charge in [-0.1, -0.05) is 11.3 Å². The van der Waals surface area contributed by atoms with Crippen molar-refractivity contribution in [2.75, 3.05) is 18.8 Å². The van der Waals surface area contributed by atoms with Gasteiger partial charge in [-0.3, -0.25) is 4.90 Å². The van der Waals surface area contributed by atoms with Crippen LogP contribution in [0.2, 0.25) is 0 Å². The quantitative estimate of drug-likeness (QED) is 0.697. The minimum Gasteiger partial charge on any atom is -0.374 e. The lowest BCUT2D eigenvalue weighted by Crippen LogP contribution is -2.23. The second-order valence-electron chi connectivity index (χ2n) is 2.50. The molecule has 1 heterocycles. The third kappa shape index (κ3) is 2.98. The minimum absolute atomic E-state index is 0.201. The largest absolute Gasteiger partial charge is 0.374 e. The Kier molecular flexibility index (Phi) is 3.80. The molecule has 0 aliphatic rings. The van der Waals surface area contributed by atoms with E-state index in [0.29, 0.717) is 16.7 Å². The third-order valence-electron chi connectivity index (χ3n) is 1.43. The Balaban J connectivity index is 2.56. The normalized spacial score (nSPS) is 9.64. The Bertz CT molecular complexity index is 356. The second kappa shape index (κ2) is 5.12. The predicted molar refractivity (Wildman–Crippen MR) is 50.8 cm³/mol. The summed E-state index contributed by atoms with van der Waals surface area (Å²) < 4.78 is 0. The Labute approximate surface area is 85.2 Å². The summed E-state index contributed by atoms with van der Waals surface area (Å²) in [6.07, 6.45) is 0. The Hall–Kier alpha value is -1.70. The smallest absolute Gasteiger partial charge is 0.203 e. The van der Waals surface area contributed by atoms with Crippen LogP contribution in [0, 0.1) is 22.7 Å². The van der Waals surface area contributed by atoms with Gasteiger partial charge in [-0.05, 0) is 0 Å². The van der Waals surface area contributed by atoms with E-state index in [2.05, 4.69) is 10.2 Å². The standard InChI is InChI=1S/C7H8N6S/c8-1-3-13(4-2-9)5-6-11-12-7(10)14-6/h3-5H2,(H2,10,12). The van der Waals surface area contributed by atoms with E-state index < -0.39 is 0 Å². The van der Waals surface area contributed by atoms with Crippen LogP contribution >= 0.6 is 11.3 Å². The lowest BCUT2D eigenvalue weighted by molar-refractivity contribution is 0.333. The lowest BCUT2D eigenvalue weighted by atomic mass is 10.5. The van der Waals surface area contributed by atoms with Crippen molar-refractivity contribution >= 4 is 16.5 Å². The molecule has 0 aliphatic heterocycles. The van der Waals surface area contributed by atoms with Crippen LogP contribution < -0.4 is 5.73 Å². The summed E-state index contributed by atoms with van der Waals surface area (Å²) in [7, 11) is 0. The molecule has 1 aromatic heterocycles. The number of hydrogen-bond donors (Lipinski definition) is 1. The molecular formula is C7H8N6S. The summed E-state index contributed by atoms with van der Waals surface area (Å²) in [4.78, 5) is 1.67. The Morgan fingerprint density at radius 2 is 1.93 bits per heavy atom. The van der Waals surface area contributed by atoms with Crippen molar-refractivity contribution < 1.29 is 0 Å². The molecule has 14 heavy (non-hydrogen) atoms. The van der Waals surface area contributed by atoms with Crippen molar-refractivity contribution in [3.63, 3.8) is 0 Å². The molecular weight excluding hydrogens is 200 g/mol. The molecule has 6 nitrogen and oxygen atoms in total. The molecule has 0 atom stereocenters. The van der Waals surface area contributed by atoms with Gasteiger partial charge in [0, 0.05) is 0 Å². The minimum atomic E-state index is 0.201. The molecule has 2 N–H and O–H groups in total. The molecule has 0 aromatic carbocycles. The van der Waals surface area contributed by atoms with E-state index in [1.165, 1.54) is 11.3 Å². The maximum atomic E-state index is 8.49. The van der Waals surface area contributed by atoms with Crippen LogP contribution in [-0.4, -0.2) is 28.2 Å². The zero-order valence-electron chi connectivity index (χ0n) is 7.34. The van der Waals surface area contributed by atoms with Gasteiger partial charge in [0.15, 0.2) is 0 Å². The van der Waals surface area contributed by atoms with E-state index in [1.54, 1.807) is 4.90 Å². The lowest BCUT2D eigenvalue weighted by Gasteiger charge is -2.11. The fourth-order valence-electron chi connectivity index (χ4n) is 0.889. The molecule has 0 spiro atoms. The fraction of sp³-hybridized carbons (Fsp3) is 0.429. The van der Waals surface area contributed by atoms with Crippen LogP contribution in [0.5, 0.6) is 0 Å². The van der Waals surface area contributed by atoms with Crippen molar-refractivity contribution in [2.45, 2.75) is 6.54 Å². The molecule has 0 amide bonds. The number of anilines is 1. The van der Waals surface area contributed by atoms with Gasteiger partial charge in [-0.2, -0.15) is 10.5 Å². The number of nitriles is 2. The topological polar surface area (TPSA) is 103 Å². The number of nitrogens with two attached hydrogens (primary N) is 1. The van der Waals surface area contributed by atoms with Crippen LogP contribution in [0.4, 0.5) is 5.13 Å². The van der Waals surface area contributed by atoms with Gasteiger partial charge >= 0.3 is 0 Å². The van der Waals surface area contributed by atoms with Crippen LogP contribution in [0.25, 0.3) is 0 Å². The highest BCUT2D eigenvalue weighted by atomic mass is 32.1. The average molecular weight is 208 g/mol. The van der Waals surface area contributed by atoms with Gasteiger partial charge in [0.1, 0.15) is 5.01 Å². The number of nitrogens with zero attached hydrogens (tertiary/aromatic N) is 5. The summed E-state index contributed by atoms with van der Waals surface area (Å²) in [5.41, 5.74) is 5.40. The average Bonchev–Trinajstić information content (AvgIpc) is 2.52. The summed E-state index contributed by atoms with van der Waals surface area (Å²) in [5, 5.41) is 25.5. The highest BCUT2D eigenvalue weighted by Crippen LogP contribution is 2.12. The monoisotopic (exact) mass is 208 g/mol. The van der Waals surface area contributed by atoms with Crippen LogP contribution in [-0.2, 0) is 6.54 Å². The summed E-state index contributed by atoms with van der Waals surface area (Å²) in [6, 6.07) is 3.96. The predicted octanol–water partition coefficient (Wildman–Crippen LogP) is -0.0305. The maximum Gasteiger partial charge on any atom is 0.203 e. The van der Waals surface area contributed by atoms with Crippen LogP contribution in [0.15, 0.2) is 0 Å². The second-order valence-corrected chi connectivity index (χ2v) is 3.59. The molecule has 0 unspecified atom stereocenters. The Morgan fingerprint density at radius 3 is 2.36 bits per heavy atom. The highest BCUT2D eigenvalue weighted by Gasteiger charge is 2.08. The number of aromatic nitrogens is 2. The summed E-state index contributed by atoms with van der Waals surface area (Å²) >= 11 is 1.26. The molecule has 1 aromatic rings. The zero-order valence-corrected chi connectivity index (χ0v) is 8.16. The maximum absolute atomic E-state index is 8.49. The molecule has 0 aliphatic carbocycles. The van der Waals surface area contributed by atoms with Crippen LogP contribution in [0.1, 0.15) is 5.01 Å². The van der Waals surface area contributed by atoms with Gasteiger partial charge in [-0.25, -0.2) is 0 Å². The van der Waals surface area contributed by atoms with Gasteiger partial charge < -0.3 is 5.73 Å². The van der Waals surface area contributed by atoms with E-state index in [0.717, 1.165) is 0 Å². The molecule has 1 rings (SSSR count). The van der Waals surface area contributed by atoms with E-state index >= 15 is 0 Å². The van der Waals surface area contributed by atoms with Gasteiger partial charge in [0.2, 0.25) is 5.13 Å². The first kappa shape index (κ1) is 10.4. The van der Waals surface area contributed by atoms with Crippen molar-refractivity contribution in [2.24, 2.45) is 0 Å². The first-order valence-corrected chi connectivity index (χ1v) is 4.62. The molecule has 7 heteroatoms. The fourth-order valence-corrected chi connectivity index (χ4v) is 1.54. The molecule has 0 radical (unpaired) electrons. The summed E-state index contributed by atoms with van der Waals surface area (Å²) in [6.45, 7) is 0.843. The van der Waals surface area contributed by atoms with E-state index in [1.807, 2.05) is 12.1 Å². The highest BCUT2D eigenvalue weighted by molar-refractivity contribution is 7.15.